The van der Waals surface area contributed by atoms with Gasteiger partial charge in [-0.3, -0.25) is 0 Å². The van der Waals surface area contributed by atoms with Crippen molar-refractivity contribution in [2.75, 3.05) is 0 Å². The zero-order valence-electron chi connectivity index (χ0n) is 7.58. The molecule has 2 rings (SSSR count). The minimum Gasteiger partial charge on any atom is -0.452 e. The first-order chi connectivity index (χ1) is 6.66. The van der Waals surface area contributed by atoms with Gasteiger partial charge in [0.15, 0.2) is 9.44 Å². The molecule has 2 heterocycles. The lowest BCUT2D eigenvalue weighted by Crippen LogP contribution is -2.00. The SMILES string of the molecule is Cc1c[nH]c(=S)n1Cc1ccc(Br)o1. The molecule has 5 heteroatoms. The van der Waals surface area contributed by atoms with Gasteiger partial charge >= 0.3 is 0 Å². The fourth-order valence-corrected chi connectivity index (χ4v) is 1.88. The first kappa shape index (κ1) is 9.73. The number of aromatic amines is 1. The summed E-state index contributed by atoms with van der Waals surface area (Å²) in [5.74, 6) is 0.885. The Morgan fingerprint density at radius 3 is 2.86 bits per heavy atom. The van der Waals surface area contributed by atoms with E-state index < -0.39 is 0 Å². The number of H-pyrrole nitrogens is 1. The lowest BCUT2D eigenvalue weighted by Gasteiger charge is -2.01. The Kier molecular flexibility index (Phi) is 2.60. The van der Waals surface area contributed by atoms with E-state index in [1.165, 1.54) is 0 Å². The fraction of sp³-hybridized carbons (Fsp3) is 0.222. The second-order valence-electron chi connectivity index (χ2n) is 3.03. The van der Waals surface area contributed by atoms with Crippen molar-refractivity contribution in [3.8, 4) is 0 Å². The highest BCUT2D eigenvalue weighted by molar-refractivity contribution is 9.10. The van der Waals surface area contributed by atoms with E-state index >= 15 is 0 Å². The molecule has 14 heavy (non-hydrogen) atoms. The third-order valence-electron chi connectivity index (χ3n) is 2.02. The Labute approximate surface area is 94.9 Å². The predicted octanol–water partition coefficient (Wildman–Crippen LogP) is 3.26. The maximum Gasteiger partial charge on any atom is 0.177 e. The summed E-state index contributed by atoms with van der Waals surface area (Å²) in [5.41, 5.74) is 1.10. The standard InChI is InChI=1S/C9H9BrN2OS/c1-6-4-11-9(14)12(6)5-7-2-3-8(10)13-7/h2-4H,5H2,1H3,(H,11,14). The van der Waals surface area contributed by atoms with Gasteiger partial charge < -0.3 is 14.0 Å². The number of hydrogen-bond acceptors (Lipinski definition) is 2. The van der Waals surface area contributed by atoms with E-state index in [0.29, 0.717) is 6.54 Å². The average Bonchev–Trinajstić information content (AvgIpc) is 2.67. The number of furan rings is 1. The number of nitrogens with one attached hydrogen (secondary N) is 1. The zero-order valence-corrected chi connectivity index (χ0v) is 9.98. The van der Waals surface area contributed by atoms with E-state index in [9.17, 15) is 0 Å². The van der Waals surface area contributed by atoms with E-state index in [1.807, 2.05) is 29.8 Å². The second kappa shape index (κ2) is 3.74. The Hall–Kier alpha value is -0.810. The van der Waals surface area contributed by atoms with Gasteiger partial charge in [0, 0.05) is 11.9 Å². The predicted molar refractivity (Wildman–Crippen MR) is 59.9 cm³/mol. The topological polar surface area (TPSA) is 33.9 Å². The summed E-state index contributed by atoms with van der Waals surface area (Å²) in [6.45, 7) is 2.67. The van der Waals surface area contributed by atoms with Crippen LogP contribution >= 0.6 is 28.1 Å². The van der Waals surface area contributed by atoms with Crippen LogP contribution in [0.25, 0.3) is 0 Å². The number of aryl methyl sites for hydroxylation is 1. The van der Waals surface area contributed by atoms with Crippen molar-refractivity contribution >= 4 is 28.1 Å². The van der Waals surface area contributed by atoms with Crippen molar-refractivity contribution < 1.29 is 4.42 Å². The molecule has 1 N–H and O–H groups in total. The van der Waals surface area contributed by atoms with Crippen LogP contribution in [0.5, 0.6) is 0 Å². The molecule has 0 aliphatic rings. The number of hydrogen-bond donors (Lipinski definition) is 1. The second-order valence-corrected chi connectivity index (χ2v) is 4.20. The minimum absolute atomic E-state index is 0.666. The van der Waals surface area contributed by atoms with Crippen molar-refractivity contribution in [3.63, 3.8) is 0 Å². The van der Waals surface area contributed by atoms with Crippen molar-refractivity contribution in [1.29, 1.82) is 0 Å². The van der Waals surface area contributed by atoms with Gasteiger partial charge in [0.25, 0.3) is 0 Å². The van der Waals surface area contributed by atoms with Gasteiger partial charge in [0.1, 0.15) is 5.76 Å². The van der Waals surface area contributed by atoms with Crippen LogP contribution in [0, 0.1) is 11.7 Å². The molecular formula is C9H9BrN2OS. The van der Waals surface area contributed by atoms with Gasteiger partial charge in [0.05, 0.1) is 6.54 Å². The van der Waals surface area contributed by atoms with Crippen molar-refractivity contribution in [2.45, 2.75) is 13.5 Å². The number of nitrogens with zero attached hydrogens (tertiary/aromatic N) is 1. The third-order valence-corrected chi connectivity index (χ3v) is 2.78. The van der Waals surface area contributed by atoms with Crippen LogP contribution < -0.4 is 0 Å². The lowest BCUT2D eigenvalue weighted by atomic mass is 10.4. The van der Waals surface area contributed by atoms with Gasteiger partial charge in [-0.1, -0.05) is 0 Å². The van der Waals surface area contributed by atoms with E-state index in [-0.39, 0.29) is 0 Å². The smallest absolute Gasteiger partial charge is 0.177 e. The highest BCUT2D eigenvalue weighted by Gasteiger charge is 2.03. The van der Waals surface area contributed by atoms with Gasteiger partial charge in [-0.2, -0.15) is 0 Å². The molecule has 0 aromatic carbocycles. The van der Waals surface area contributed by atoms with Gasteiger partial charge in [0.2, 0.25) is 0 Å². The summed E-state index contributed by atoms with van der Waals surface area (Å²) >= 11 is 8.40. The zero-order chi connectivity index (χ0) is 10.1. The first-order valence-corrected chi connectivity index (χ1v) is 5.36. The van der Waals surface area contributed by atoms with E-state index in [0.717, 1.165) is 20.9 Å². The maximum absolute atomic E-state index is 5.40. The minimum atomic E-state index is 0.666. The molecule has 74 valence electrons. The summed E-state index contributed by atoms with van der Waals surface area (Å²) in [4.78, 5) is 2.99. The Morgan fingerprint density at radius 1 is 1.57 bits per heavy atom. The molecule has 0 fully saturated rings. The van der Waals surface area contributed by atoms with E-state index in [2.05, 4.69) is 20.9 Å². The molecule has 0 bridgehead atoms. The molecule has 0 aliphatic heterocycles. The van der Waals surface area contributed by atoms with Gasteiger partial charge in [-0.15, -0.1) is 0 Å². The summed E-state index contributed by atoms with van der Waals surface area (Å²) in [7, 11) is 0. The van der Waals surface area contributed by atoms with Crippen LogP contribution in [0.3, 0.4) is 0 Å². The molecule has 0 saturated carbocycles. The largest absolute Gasteiger partial charge is 0.452 e. The molecule has 0 unspecified atom stereocenters. The molecule has 0 atom stereocenters. The monoisotopic (exact) mass is 272 g/mol. The van der Waals surface area contributed by atoms with Crippen molar-refractivity contribution in [2.24, 2.45) is 0 Å². The highest BCUT2D eigenvalue weighted by atomic mass is 79.9. The number of aromatic nitrogens is 2. The van der Waals surface area contributed by atoms with Crippen LogP contribution in [0.2, 0.25) is 0 Å². The molecule has 0 amide bonds. The Bertz CT molecular complexity index is 497. The molecule has 0 spiro atoms. The summed E-state index contributed by atoms with van der Waals surface area (Å²) < 4.78 is 8.85. The fourth-order valence-electron chi connectivity index (χ4n) is 1.27. The van der Waals surface area contributed by atoms with Crippen LogP contribution in [-0.4, -0.2) is 9.55 Å². The number of halogens is 1. The van der Waals surface area contributed by atoms with Crippen LogP contribution in [0.1, 0.15) is 11.5 Å². The molecular weight excluding hydrogens is 264 g/mol. The molecule has 0 aliphatic carbocycles. The number of rotatable bonds is 2. The highest BCUT2D eigenvalue weighted by Crippen LogP contribution is 2.15. The first-order valence-electron chi connectivity index (χ1n) is 4.16. The third kappa shape index (κ3) is 1.83. The van der Waals surface area contributed by atoms with Crippen LogP contribution in [0.15, 0.2) is 27.4 Å². The van der Waals surface area contributed by atoms with Gasteiger partial charge in [-0.25, -0.2) is 0 Å². The summed E-state index contributed by atoms with van der Waals surface area (Å²) in [6, 6.07) is 3.80. The van der Waals surface area contributed by atoms with Crippen LogP contribution in [0.4, 0.5) is 0 Å². The molecule has 0 saturated heterocycles. The van der Waals surface area contributed by atoms with Crippen LogP contribution in [-0.2, 0) is 6.54 Å². The summed E-state index contributed by atoms with van der Waals surface area (Å²) in [6.07, 6.45) is 1.89. The van der Waals surface area contributed by atoms with Crippen molar-refractivity contribution in [1.82, 2.24) is 9.55 Å². The van der Waals surface area contributed by atoms with Gasteiger partial charge in [-0.05, 0) is 47.2 Å². The normalized spacial score (nSPS) is 10.7. The average molecular weight is 273 g/mol. The number of imidazole rings is 1. The summed E-state index contributed by atoms with van der Waals surface area (Å²) in [5, 5.41) is 0. The Morgan fingerprint density at radius 2 is 2.36 bits per heavy atom. The van der Waals surface area contributed by atoms with E-state index in [4.69, 9.17) is 16.6 Å². The van der Waals surface area contributed by atoms with Crippen molar-refractivity contribution in [3.05, 3.63) is 39.2 Å². The molecule has 0 radical (unpaired) electrons. The maximum atomic E-state index is 5.40. The lowest BCUT2D eigenvalue weighted by molar-refractivity contribution is 0.471. The molecule has 2 aromatic heterocycles. The molecule has 3 nitrogen and oxygen atoms in total. The Balaban J connectivity index is 2.31. The van der Waals surface area contributed by atoms with E-state index in [1.54, 1.807) is 0 Å². The molecule has 2 aromatic rings. The quantitative estimate of drug-likeness (QED) is 0.852.